The monoisotopic (exact) mass is 316 g/mol. The average molecular weight is 316 g/mol. The Bertz CT molecular complexity index is 695. The van der Waals surface area contributed by atoms with Gasteiger partial charge in [-0.05, 0) is 19.4 Å². The van der Waals surface area contributed by atoms with Crippen molar-refractivity contribution in [3.8, 4) is 0 Å². The van der Waals surface area contributed by atoms with Gasteiger partial charge in [-0.1, -0.05) is 30.3 Å². The Morgan fingerprint density at radius 3 is 2.52 bits per heavy atom. The Morgan fingerprint density at radius 2 is 1.87 bits per heavy atom. The van der Waals surface area contributed by atoms with E-state index in [1.807, 2.05) is 37.3 Å². The smallest absolute Gasteiger partial charge is 0.313 e. The van der Waals surface area contributed by atoms with Crippen molar-refractivity contribution < 1.29 is 14.7 Å². The molecule has 0 atom stereocenters. The summed E-state index contributed by atoms with van der Waals surface area (Å²) in [5.41, 5.74) is 3.04. The van der Waals surface area contributed by atoms with Crippen LogP contribution in [0.1, 0.15) is 17.0 Å². The highest BCUT2D eigenvalue weighted by Crippen LogP contribution is 2.20. The highest BCUT2D eigenvalue weighted by molar-refractivity contribution is 6.39. The third-order valence-corrected chi connectivity index (χ3v) is 3.40. The number of nitrogens with one attached hydrogen (secondary N) is 2. The van der Waals surface area contributed by atoms with Crippen molar-refractivity contribution in [1.82, 2.24) is 15.1 Å². The van der Waals surface area contributed by atoms with E-state index in [1.165, 1.54) is 0 Å². The molecule has 1 aromatic carbocycles. The van der Waals surface area contributed by atoms with Crippen LogP contribution in [0.3, 0.4) is 0 Å². The van der Waals surface area contributed by atoms with Gasteiger partial charge in [0.05, 0.1) is 30.2 Å². The van der Waals surface area contributed by atoms with Crippen LogP contribution in [0.4, 0.5) is 5.69 Å². The number of aromatic nitrogens is 2. The first-order chi connectivity index (χ1) is 11.0. The fourth-order valence-corrected chi connectivity index (χ4v) is 2.21. The molecule has 0 saturated heterocycles. The van der Waals surface area contributed by atoms with Crippen molar-refractivity contribution in [2.24, 2.45) is 0 Å². The third-order valence-electron chi connectivity index (χ3n) is 3.40. The van der Waals surface area contributed by atoms with Crippen LogP contribution >= 0.6 is 0 Å². The normalized spacial score (nSPS) is 10.4. The van der Waals surface area contributed by atoms with Crippen molar-refractivity contribution in [3.63, 3.8) is 0 Å². The quantitative estimate of drug-likeness (QED) is 0.704. The summed E-state index contributed by atoms with van der Waals surface area (Å²) in [6.07, 6.45) is 0. The molecule has 0 saturated carbocycles. The molecule has 0 aliphatic rings. The molecular formula is C16H20N4O3. The van der Waals surface area contributed by atoms with Gasteiger partial charge in [-0.15, -0.1) is 0 Å². The van der Waals surface area contributed by atoms with Crippen LogP contribution in [0.15, 0.2) is 30.3 Å². The molecule has 122 valence electrons. The van der Waals surface area contributed by atoms with E-state index in [0.29, 0.717) is 17.9 Å². The van der Waals surface area contributed by atoms with Crippen molar-refractivity contribution in [3.05, 3.63) is 47.3 Å². The van der Waals surface area contributed by atoms with Gasteiger partial charge in [0, 0.05) is 6.54 Å². The standard InChI is InChI=1S/C16H20N4O3/c1-11-14(18-16(23)15(22)17-8-9-21)12(2)20(19-11)10-13-6-4-3-5-7-13/h3-7,21H,8-10H2,1-2H3,(H,17,22)(H,18,23). The second-order valence-electron chi connectivity index (χ2n) is 5.12. The van der Waals surface area contributed by atoms with Gasteiger partial charge in [0.1, 0.15) is 0 Å². The highest BCUT2D eigenvalue weighted by atomic mass is 16.3. The summed E-state index contributed by atoms with van der Waals surface area (Å²) in [5.74, 6) is -1.56. The molecule has 0 radical (unpaired) electrons. The lowest BCUT2D eigenvalue weighted by Gasteiger charge is -2.07. The van der Waals surface area contributed by atoms with Gasteiger partial charge in [0.15, 0.2) is 0 Å². The van der Waals surface area contributed by atoms with Gasteiger partial charge in [-0.3, -0.25) is 14.3 Å². The van der Waals surface area contributed by atoms with Crippen LogP contribution in [0.2, 0.25) is 0 Å². The number of carbonyl (C=O) groups is 2. The molecule has 7 heteroatoms. The minimum atomic E-state index is -0.784. The maximum atomic E-state index is 11.8. The van der Waals surface area contributed by atoms with Crippen LogP contribution in [0, 0.1) is 13.8 Å². The van der Waals surface area contributed by atoms with E-state index in [1.54, 1.807) is 11.6 Å². The number of hydrogen-bond donors (Lipinski definition) is 3. The predicted octanol–water partition coefficient (Wildman–Crippen LogP) is 0.595. The van der Waals surface area contributed by atoms with Gasteiger partial charge < -0.3 is 15.7 Å². The lowest BCUT2D eigenvalue weighted by molar-refractivity contribution is -0.136. The number of nitrogens with zero attached hydrogens (tertiary/aromatic N) is 2. The molecule has 23 heavy (non-hydrogen) atoms. The number of aliphatic hydroxyl groups is 1. The number of carbonyl (C=O) groups excluding carboxylic acids is 2. The van der Waals surface area contributed by atoms with E-state index in [4.69, 9.17) is 5.11 Å². The van der Waals surface area contributed by atoms with Crippen LogP contribution in [0.5, 0.6) is 0 Å². The summed E-state index contributed by atoms with van der Waals surface area (Å²) < 4.78 is 1.78. The molecule has 2 rings (SSSR count). The molecule has 0 aliphatic carbocycles. The molecule has 1 heterocycles. The minimum Gasteiger partial charge on any atom is -0.395 e. The van der Waals surface area contributed by atoms with E-state index in [9.17, 15) is 9.59 Å². The summed E-state index contributed by atoms with van der Waals surface area (Å²) in [7, 11) is 0. The second-order valence-corrected chi connectivity index (χ2v) is 5.12. The van der Waals surface area contributed by atoms with Crippen LogP contribution in [-0.4, -0.2) is 39.9 Å². The van der Waals surface area contributed by atoms with Crippen LogP contribution in [-0.2, 0) is 16.1 Å². The Hall–Kier alpha value is -2.67. The van der Waals surface area contributed by atoms with Gasteiger partial charge in [0.25, 0.3) is 0 Å². The summed E-state index contributed by atoms with van der Waals surface area (Å²) in [5, 5.41) is 18.0. The third kappa shape index (κ3) is 4.17. The summed E-state index contributed by atoms with van der Waals surface area (Å²) in [6, 6.07) is 9.85. The number of benzene rings is 1. The van der Waals surface area contributed by atoms with E-state index in [2.05, 4.69) is 15.7 Å². The molecular weight excluding hydrogens is 296 g/mol. The van der Waals surface area contributed by atoms with Gasteiger partial charge >= 0.3 is 11.8 Å². The highest BCUT2D eigenvalue weighted by Gasteiger charge is 2.18. The number of anilines is 1. The topological polar surface area (TPSA) is 96.2 Å². The van der Waals surface area contributed by atoms with Crippen molar-refractivity contribution in [1.29, 1.82) is 0 Å². The van der Waals surface area contributed by atoms with E-state index in [0.717, 1.165) is 11.3 Å². The number of aliphatic hydroxyl groups excluding tert-OH is 1. The number of hydrogen-bond acceptors (Lipinski definition) is 4. The first kappa shape index (κ1) is 16.7. The zero-order valence-electron chi connectivity index (χ0n) is 13.2. The molecule has 0 aliphatic heterocycles. The van der Waals surface area contributed by atoms with Crippen LogP contribution in [0.25, 0.3) is 0 Å². The molecule has 3 N–H and O–H groups in total. The van der Waals surface area contributed by atoms with E-state index in [-0.39, 0.29) is 13.2 Å². The largest absolute Gasteiger partial charge is 0.395 e. The second kappa shape index (κ2) is 7.55. The lowest BCUT2D eigenvalue weighted by Crippen LogP contribution is -2.37. The molecule has 2 amide bonds. The SMILES string of the molecule is Cc1nn(Cc2ccccc2)c(C)c1NC(=O)C(=O)NCCO. The minimum absolute atomic E-state index is 0.0392. The predicted molar refractivity (Wildman–Crippen MR) is 86.0 cm³/mol. The van der Waals surface area contributed by atoms with Gasteiger partial charge in [0.2, 0.25) is 0 Å². The zero-order chi connectivity index (χ0) is 16.8. The average Bonchev–Trinajstić information content (AvgIpc) is 2.81. The van der Waals surface area contributed by atoms with E-state index >= 15 is 0 Å². The number of rotatable bonds is 5. The maximum absolute atomic E-state index is 11.8. The molecule has 1 aromatic heterocycles. The Balaban J connectivity index is 2.11. The Kier molecular flexibility index (Phi) is 5.48. The maximum Gasteiger partial charge on any atom is 0.313 e. The van der Waals surface area contributed by atoms with Gasteiger partial charge in [-0.25, -0.2) is 0 Å². The first-order valence-corrected chi connectivity index (χ1v) is 7.31. The fraction of sp³-hybridized carbons (Fsp3) is 0.312. The number of aryl methyl sites for hydroxylation is 1. The first-order valence-electron chi connectivity index (χ1n) is 7.31. The van der Waals surface area contributed by atoms with Crippen LogP contribution < -0.4 is 10.6 Å². The molecule has 0 spiro atoms. The summed E-state index contributed by atoms with van der Waals surface area (Å²) in [4.78, 5) is 23.4. The van der Waals surface area contributed by atoms with Crippen molar-refractivity contribution in [2.75, 3.05) is 18.5 Å². The molecule has 0 unspecified atom stereocenters. The lowest BCUT2D eigenvalue weighted by atomic mass is 10.2. The van der Waals surface area contributed by atoms with Crippen molar-refractivity contribution in [2.45, 2.75) is 20.4 Å². The van der Waals surface area contributed by atoms with E-state index < -0.39 is 11.8 Å². The van der Waals surface area contributed by atoms with Gasteiger partial charge in [-0.2, -0.15) is 5.10 Å². The molecule has 0 fully saturated rings. The number of amides is 2. The molecule has 7 nitrogen and oxygen atoms in total. The summed E-state index contributed by atoms with van der Waals surface area (Å²) in [6.45, 7) is 4.02. The summed E-state index contributed by atoms with van der Waals surface area (Å²) >= 11 is 0. The Morgan fingerprint density at radius 1 is 1.17 bits per heavy atom. The van der Waals surface area contributed by atoms with Crippen molar-refractivity contribution >= 4 is 17.5 Å². The molecule has 2 aromatic rings. The molecule has 0 bridgehead atoms. The Labute approximate surface area is 134 Å². The fourth-order valence-electron chi connectivity index (χ4n) is 2.21. The zero-order valence-corrected chi connectivity index (χ0v) is 13.2.